The maximum atomic E-state index is 11.5. The Kier molecular flexibility index (Phi) is 5.66. The highest BCUT2D eigenvalue weighted by atomic mass is 79.9. The van der Waals surface area contributed by atoms with Gasteiger partial charge in [-0.1, -0.05) is 28.1 Å². The minimum atomic E-state index is -1.56. The summed E-state index contributed by atoms with van der Waals surface area (Å²) < 4.78 is 13.3. The first kappa shape index (κ1) is 20.6. The number of ether oxygens (including phenoxy) is 2. The van der Waals surface area contributed by atoms with Gasteiger partial charge in [-0.3, -0.25) is 14.7 Å². The molecule has 4 atom stereocenters. The lowest BCUT2D eigenvalue weighted by molar-refractivity contribution is -0.141. The van der Waals surface area contributed by atoms with Gasteiger partial charge in [-0.05, 0) is 17.7 Å². The second-order valence-corrected chi connectivity index (χ2v) is 7.59. The van der Waals surface area contributed by atoms with Crippen LogP contribution in [0.5, 0.6) is 5.88 Å². The largest absolute Gasteiger partial charge is 0.471 e. The van der Waals surface area contributed by atoms with E-state index in [4.69, 9.17) is 9.47 Å². The first-order valence-electron chi connectivity index (χ1n) is 8.92. The summed E-state index contributed by atoms with van der Waals surface area (Å²) >= 11 is 3.37. The molecule has 12 heteroatoms. The van der Waals surface area contributed by atoms with Gasteiger partial charge in [0.25, 0.3) is 0 Å². The Labute approximate surface area is 178 Å². The minimum absolute atomic E-state index is 0.0314. The molecule has 3 aromatic rings. The van der Waals surface area contributed by atoms with Gasteiger partial charge in [0.15, 0.2) is 23.7 Å². The van der Waals surface area contributed by atoms with Crippen molar-refractivity contribution in [3.8, 4) is 5.88 Å². The van der Waals surface area contributed by atoms with Crippen molar-refractivity contribution in [2.75, 3.05) is 5.32 Å². The number of benzene rings is 1. The molecule has 4 rings (SSSR count). The highest BCUT2D eigenvalue weighted by molar-refractivity contribution is 9.10. The zero-order chi connectivity index (χ0) is 21.4. The molecule has 0 spiro atoms. The number of anilines is 1. The van der Waals surface area contributed by atoms with E-state index in [0.29, 0.717) is 0 Å². The smallest absolute Gasteiger partial charge is 0.247 e. The van der Waals surface area contributed by atoms with Crippen molar-refractivity contribution >= 4 is 38.9 Å². The van der Waals surface area contributed by atoms with Gasteiger partial charge in [-0.2, -0.15) is 9.97 Å². The molecule has 1 saturated heterocycles. The third kappa shape index (κ3) is 4.00. The van der Waals surface area contributed by atoms with Crippen molar-refractivity contribution in [2.45, 2.75) is 38.3 Å². The first-order valence-corrected chi connectivity index (χ1v) is 9.72. The Morgan fingerprint density at radius 3 is 2.60 bits per heavy atom. The van der Waals surface area contributed by atoms with Crippen LogP contribution in [0, 0.1) is 0 Å². The molecule has 0 bridgehead atoms. The van der Waals surface area contributed by atoms with E-state index in [1.54, 1.807) is 0 Å². The number of aromatic nitrogens is 4. The highest BCUT2D eigenvalue weighted by Crippen LogP contribution is 2.32. The van der Waals surface area contributed by atoms with Gasteiger partial charge >= 0.3 is 0 Å². The topological polar surface area (TPSA) is 152 Å². The SMILES string of the molecule is CC(=O)Nc1nc(OCc2ccc(Br)cc2)c2ncn([C@H]3O[C@H](O)[C@@H](O)[C@H]3O)c2n1. The van der Waals surface area contributed by atoms with Gasteiger partial charge in [-0.25, -0.2) is 4.98 Å². The zero-order valence-corrected chi connectivity index (χ0v) is 17.2. The molecule has 1 amide bonds. The van der Waals surface area contributed by atoms with Crippen molar-refractivity contribution in [1.29, 1.82) is 0 Å². The second-order valence-electron chi connectivity index (χ2n) is 6.67. The van der Waals surface area contributed by atoms with Crippen LogP contribution in [0.15, 0.2) is 35.1 Å². The molecule has 11 nitrogen and oxygen atoms in total. The van der Waals surface area contributed by atoms with Crippen LogP contribution < -0.4 is 10.1 Å². The molecular weight excluding hydrogens is 462 g/mol. The van der Waals surface area contributed by atoms with Gasteiger partial charge in [-0.15, -0.1) is 0 Å². The van der Waals surface area contributed by atoms with E-state index in [2.05, 4.69) is 36.2 Å². The first-order chi connectivity index (χ1) is 14.3. The number of nitrogens with one attached hydrogen (secondary N) is 1. The maximum absolute atomic E-state index is 11.5. The van der Waals surface area contributed by atoms with Crippen LogP contribution in [-0.2, 0) is 16.1 Å². The fourth-order valence-corrected chi connectivity index (χ4v) is 3.26. The summed E-state index contributed by atoms with van der Waals surface area (Å²) in [6.07, 6.45) is -4.28. The number of hydrogen-bond acceptors (Lipinski definition) is 9. The lowest BCUT2D eigenvalue weighted by Gasteiger charge is -2.16. The van der Waals surface area contributed by atoms with Gasteiger partial charge in [0.05, 0.1) is 6.33 Å². The van der Waals surface area contributed by atoms with Crippen molar-refractivity contribution in [1.82, 2.24) is 19.5 Å². The number of carbonyl (C=O) groups excluding carboxylic acids is 1. The predicted molar refractivity (Wildman–Crippen MR) is 106 cm³/mol. The van der Waals surface area contributed by atoms with Gasteiger partial charge in [0.2, 0.25) is 17.7 Å². The lowest BCUT2D eigenvalue weighted by atomic mass is 10.2. The molecule has 158 valence electrons. The summed E-state index contributed by atoms with van der Waals surface area (Å²) in [4.78, 5) is 24.2. The Bertz CT molecular complexity index is 1070. The van der Waals surface area contributed by atoms with Crippen molar-refractivity contribution in [3.63, 3.8) is 0 Å². The fourth-order valence-electron chi connectivity index (χ4n) is 2.99. The number of hydrogen-bond donors (Lipinski definition) is 4. The van der Waals surface area contributed by atoms with Crippen molar-refractivity contribution in [3.05, 3.63) is 40.6 Å². The van der Waals surface area contributed by atoms with E-state index in [1.807, 2.05) is 24.3 Å². The number of imidazole rings is 1. The van der Waals surface area contributed by atoms with Crippen LogP contribution in [0.4, 0.5) is 5.95 Å². The number of halogens is 1. The van der Waals surface area contributed by atoms with Gasteiger partial charge in [0.1, 0.15) is 18.8 Å². The van der Waals surface area contributed by atoms with E-state index in [-0.39, 0.29) is 35.5 Å². The number of nitrogens with zero attached hydrogens (tertiary/aromatic N) is 4. The molecule has 0 aliphatic carbocycles. The number of amides is 1. The summed E-state index contributed by atoms with van der Waals surface area (Å²) in [5.74, 6) is -0.308. The predicted octanol–water partition coefficient (Wildman–Crippen LogP) is 0.695. The van der Waals surface area contributed by atoms with Crippen LogP contribution in [0.1, 0.15) is 18.7 Å². The Hall–Kier alpha value is -2.64. The van der Waals surface area contributed by atoms with E-state index < -0.39 is 24.7 Å². The number of aliphatic hydroxyl groups excluding tert-OH is 3. The highest BCUT2D eigenvalue weighted by Gasteiger charge is 2.43. The number of rotatable bonds is 5. The molecule has 0 unspecified atom stereocenters. The van der Waals surface area contributed by atoms with Crippen LogP contribution in [0.3, 0.4) is 0 Å². The molecule has 1 aromatic carbocycles. The standard InChI is InChI=1S/C18H18BrN5O6/c1-8(25)21-18-22-14-11(15(23-18)29-6-9-2-4-10(19)5-3-9)20-7-24(14)16-12(26)13(27)17(28)30-16/h2-5,7,12-13,16-17,26-28H,6H2,1H3,(H,21,22,23,25)/t12-,13+,16+,17+/m1/s1. The maximum Gasteiger partial charge on any atom is 0.247 e. The van der Waals surface area contributed by atoms with E-state index in [0.717, 1.165) is 10.0 Å². The summed E-state index contributed by atoms with van der Waals surface area (Å²) in [5.41, 5.74) is 1.32. The normalized spacial score (nSPS) is 23.6. The second kappa shape index (κ2) is 8.24. The number of carbonyl (C=O) groups is 1. The van der Waals surface area contributed by atoms with Crippen LogP contribution in [0.2, 0.25) is 0 Å². The van der Waals surface area contributed by atoms with E-state index >= 15 is 0 Å². The molecule has 30 heavy (non-hydrogen) atoms. The average Bonchev–Trinajstić information content (AvgIpc) is 3.23. The fraction of sp³-hybridized carbons (Fsp3) is 0.333. The molecule has 4 N–H and O–H groups in total. The summed E-state index contributed by atoms with van der Waals surface area (Å²) in [6, 6.07) is 7.50. The van der Waals surface area contributed by atoms with Crippen molar-refractivity contribution in [2.24, 2.45) is 0 Å². The molecule has 1 aliphatic rings. The van der Waals surface area contributed by atoms with Crippen LogP contribution >= 0.6 is 15.9 Å². The Balaban J connectivity index is 1.71. The quantitative estimate of drug-likeness (QED) is 0.414. The number of aliphatic hydroxyl groups is 3. The Morgan fingerprint density at radius 2 is 1.97 bits per heavy atom. The molecule has 1 fully saturated rings. The third-order valence-electron chi connectivity index (χ3n) is 4.45. The third-order valence-corrected chi connectivity index (χ3v) is 4.98. The molecule has 3 heterocycles. The van der Waals surface area contributed by atoms with Gasteiger partial charge < -0.3 is 24.8 Å². The van der Waals surface area contributed by atoms with Crippen LogP contribution in [-0.4, -0.2) is 59.2 Å². The molecular formula is C18H18BrN5O6. The monoisotopic (exact) mass is 479 g/mol. The zero-order valence-electron chi connectivity index (χ0n) is 15.6. The summed E-state index contributed by atoms with van der Waals surface area (Å²) in [7, 11) is 0. The molecule has 0 saturated carbocycles. The van der Waals surface area contributed by atoms with E-state index in [1.165, 1.54) is 17.8 Å². The molecule has 0 radical (unpaired) electrons. The average molecular weight is 480 g/mol. The number of fused-ring (bicyclic) bond motifs is 1. The lowest BCUT2D eigenvalue weighted by Crippen LogP contribution is -2.31. The summed E-state index contributed by atoms with van der Waals surface area (Å²) in [5, 5.41) is 32.1. The minimum Gasteiger partial charge on any atom is -0.471 e. The summed E-state index contributed by atoms with van der Waals surface area (Å²) in [6.45, 7) is 1.50. The Morgan fingerprint density at radius 1 is 1.23 bits per heavy atom. The van der Waals surface area contributed by atoms with Gasteiger partial charge in [0, 0.05) is 11.4 Å². The van der Waals surface area contributed by atoms with Crippen LogP contribution in [0.25, 0.3) is 11.2 Å². The van der Waals surface area contributed by atoms with Crippen molar-refractivity contribution < 1.29 is 29.6 Å². The molecule has 1 aliphatic heterocycles. The molecule has 2 aromatic heterocycles. The van der Waals surface area contributed by atoms with E-state index in [9.17, 15) is 20.1 Å².